The van der Waals surface area contributed by atoms with Crippen molar-refractivity contribution >= 4 is 22.3 Å². The second kappa shape index (κ2) is 5.70. The summed E-state index contributed by atoms with van der Waals surface area (Å²) in [6.45, 7) is 2.03. The molecule has 2 atom stereocenters. The maximum atomic E-state index is 10.9. The molecule has 0 fully saturated rings. The van der Waals surface area contributed by atoms with Gasteiger partial charge in [0.2, 0.25) is 0 Å². The van der Waals surface area contributed by atoms with Gasteiger partial charge < -0.3 is 11.1 Å². The summed E-state index contributed by atoms with van der Waals surface area (Å²) in [5, 5.41) is 3.19. The maximum Gasteiger partial charge on any atom is 0.149 e. The van der Waals surface area contributed by atoms with Crippen molar-refractivity contribution in [2.45, 2.75) is 19.4 Å². The van der Waals surface area contributed by atoms with Crippen LogP contribution in [0.5, 0.6) is 0 Å². The first-order chi connectivity index (χ1) is 7.09. The van der Waals surface area contributed by atoms with E-state index in [4.69, 9.17) is 5.73 Å². The Morgan fingerprint density at radius 3 is 3.00 bits per heavy atom. The number of nitrogens with zero attached hydrogens (tertiary/aromatic N) is 1. The van der Waals surface area contributed by atoms with Gasteiger partial charge in [-0.3, -0.25) is 4.21 Å². The molecule has 15 heavy (non-hydrogen) atoms. The Hall–Kier alpha value is -1.10. The van der Waals surface area contributed by atoms with Gasteiger partial charge in [0.05, 0.1) is 5.69 Å². The van der Waals surface area contributed by atoms with Crippen molar-refractivity contribution in [1.29, 1.82) is 0 Å². The van der Waals surface area contributed by atoms with Crippen molar-refractivity contribution in [1.82, 2.24) is 4.98 Å². The second-order valence-corrected chi connectivity index (χ2v) is 5.11. The summed E-state index contributed by atoms with van der Waals surface area (Å²) in [5.74, 6) is 1.40. The average molecular weight is 227 g/mol. The molecule has 0 amide bonds. The van der Waals surface area contributed by atoms with Crippen molar-refractivity contribution in [3.63, 3.8) is 0 Å². The SMILES string of the molecule is CC(CCS(C)=O)Nc1ncccc1N. The number of aromatic nitrogens is 1. The van der Waals surface area contributed by atoms with E-state index in [9.17, 15) is 4.21 Å². The quantitative estimate of drug-likeness (QED) is 0.794. The summed E-state index contributed by atoms with van der Waals surface area (Å²) in [7, 11) is -0.741. The number of hydrogen-bond donors (Lipinski definition) is 2. The van der Waals surface area contributed by atoms with Gasteiger partial charge in [-0.25, -0.2) is 4.98 Å². The first kappa shape index (κ1) is 12.0. The predicted octanol–water partition coefficient (Wildman–Crippen LogP) is 1.23. The van der Waals surface area contributed by atoms with Gasteiger partial charge in [0, 0.05) is 35.0 Å². The highest BCUT2D eigenvalue weighted by Gasteiger charge is 2.05. The Bertz CT molecular complexity index is 343. The van der Waals surface area contributed by atoms with Gasteiger partial charge in [-0.05, 0) is 25.5 Å². The van der Waals surface area contributed by atoms with Crippen LogP contribution < -0.4 is 11.1 Å². The Morgan fingerprint density at radius 2 is 2.40 bits per heavy atom. The topological polar surface area (TPSA) is 68.0 Å². The molecule has 0 aliphatic rings. The standard InChI is InChI=1S/C10H17N3OS/c1-8(5-7-15(2)14)13-10-9(11)4-3-6-12-10/h3-4,6,8H,5,7,11H2,1-2H3,(H,12,13). The molecule has 3 N–H and O–H groups in total. The van der Waals surface area contributed by atoms with Crippen LogP contribution in [0.2, 0.25) is 0 Å². The molecule has 4 nitrogen and oxygen atoms in total. The number of anilines is 2. The van der Waals surface area contributed by atoms with Crippen LogP contribution in [0.1, 0.15) is 13.3 Å². The van der Waals surface area contributed by atoms with Gasteiger partial charge in [0.15, 0.2) is 0 Å². The number of nitrogens with one attached hydrogen (secondary N) is 1. The van der Waals surface area contributed by atoms with Crippen LogP contribution in [0.25, 0.3) is 0 Å². The molecular formula is C10H17N3OS. The van der Waals surface area contributed by atoms with Crippen LogP contribution in [0.15, 0.2) is 18.3 Å². The van der Waals surface area contributed by atoms with E-state index in [0.29, 0.717) is 17.3 Å². The van der Waals surface area contributed by atoms with Crippen LogP contribution in [0, 0.1) is 0 Å². The summed E-state index contributed by atoms with van der Waals surface area (Å²) in [4.78, 5) is 4.13. The number of nitrogens with two attached hydrogens (primary N) is 1. The molecule has 1 aromatic heterocycles. The Morgan fingerprint density at radius 1 is 1.67 bits per heavy atom. The summed E-state index contributed by atoms with van der Waals surface area (Å²) in [5.41, 5.74) is 6.38. The molecule has 0 spiro atoms. The summed E-state index contributed by atoms with van der Waals surface area (Å²) < 4.78 is 10.9. The van der Waals surface area contributed by atoms with E-state index in [-0.39, 0.29) is 6.04 Å². The van der Waals surface area contributed by atoms with Crippen molar-refractivity contribution in [3.05, 3.63) is 18.3 Å². The molecule has 0 saturated carbocycles. The van der Waals surface area contributed by atoms with E-state index in [1.54, 1.807) is 24.6 Å². The molecule has 84 valence electrons. The second-order valence-electron chi connectivity index (χ2n) is 3.55. The lowest BCUT2D eigenvalue weighted by Crippen LogP contribution is -2.19. The third kappa shape index (κ3) is 4.29. The van der Waals surface area contributed by atoms with E-state index in [0.717, 1.165) is 6.42 Å². The fourth-order valence-electron chi connectivity index (χ4n) is 1.19. The molecule has 1 heterocycles. The third-order valence-corrected chi connectivity index (χ3v) is 2.87. The summed E-state index contributed by atoms with van der Waals surface area (Å²) >= 11 is 0. The van der Waals surface area contributed by atoms with Crippen LogP contribution in [0.4, 0.5) is 11.5 Å². The molecule has 0 aliphatic heterocycles. The maximum absolute atomic E-state index is 10.9. The fourth-order valence-corrected chi connectivity index (χ4v) is 1.87. The number of nitrogen functional groups attached to an aromatic ring is 1. The summed E-state index contributed by atoms with van der Waals surface area (Å²) in [6, 6.07) is 3.83. The van der Waals surface area contributed by atoms with E-state index in [2.05, 4.69) is 10.3 Å². The van der Waals surface area contributed by atoms with Gasteiger partial charge in [0.1, 0.15) is 5.82 Å². The van der Waals surface area contributed by atoms with Gasteiger partial charge in [-0.1, -0.05) is 0 Å². The summed E-state index contributed by atoms with van der Waals surface area (Å²) in [6.07, 6.45) is 4.25. The molecule has 0 bridgehead atoms. The lowest BCUT2D eigenvalue weighted by molar-refractivity contribution is 0.678. The predicted molar refractivity (Wildman–Crippen MR) is 65.3 cm³/mol. The zero-order valence-corrected chi connectivity index (χ0v) is 9.88. The number of hydrogen-bond acceptors (Lipinski definition) is 4. The minimum atomic E-state index is -0.741. The van der Waals surface area contributed by atoms with Gasteiger partial charge in [-0.15, -0.1) is 0 Å². The Kier molecular flexibility index (Phi) is 4.55. The van der Waals surface area contributed by atoms with E-state index >= 15 is 0 Å². The van der Waals surface area contributed by atoms with Crippen molar-refractivity contribution in [2.24, 2.45) is 0 Å². The zero-order valence-electron chi connectivity index (χ0n) is 9.06. The molecule has 2 unspecified atom stereocenters. The van der Waals surface area contributed by atoms with Gasteiger partial charge in [0.25, 0.3) is 0 Å². The smallest absolute Gasteiger partial charge is 0.149 e. The largest absolute Gasteiger partial charge is 0.396 e. The first-order valence-corrected chi connectivity index (χ1v) is 6.59. The highest BCUT2D eigenvalue weighted by Crippen LogP contribution is 2.14. The molecule has 5 heteroatoms. The Balaban J connectivity index is 2.47. The molecule has 1 aromatic rings. The van der Waals surface area contributed by atoms with Gasteiger partial charge >= 0.3 is 0 Å². The minimum absolute atomic E-state index is 0.228. The van der Waals surface area contributed by atoms with Gasteiger partial charge in [-0.2, -0.15) is 0 Å². The Labute approximate surface area is 92.7 Å². The van der Waals surface area contributed by atoms with Crippen LogP contribution in [-0.2, 0) is 10.8 Å². The van der Waals surface area contributed by atoms with Crippen molar-refractivity contribution < 1.29 is 4.21 Å². The first-order valence-electron chi connectivity index (χ1n) is 4.86. The highest BCUT2D eigenvalue weighted by atomic mass is 32.2. The minimum Gasteiger partial charge on any atom is -0.396 e. The molecule has 0 aromatic carbocycles. The molecule has 0 saturated heterocycles. The van der Waals surface area contributed by atoms with Crippen LogP contribution in [-0.4, -0.2) is 27.2 Å². The number of rotatable bonds is 5. The monoisotopic (exact) mass is 227 g/mol. The average Bonchev–Trinajstić information content (AvgIpc) is 2.18. The molecule has 0 radical (unpaired) electrons. The van der Waals surface area contributed by atoms with Crippen LogP contribution in [0.3, 0.4) is 0 Å². The normalized spacial score (nSPS) is 14.5. The van der Waals surface area contributed by atoms with Crippen molar-refractivity contribution in [2.75, 3.05) is 23.1 Å². The lowest BCUT2D eigenvalue weighted by atomic mass is 10.2. The molecular weight excluding hydrogens is 210 g/mol. The zero-order chi connectivity index (χ0) is 11.3. The molecule has 0 aliphatic carbocycles. The van der Waals surface area contributed by atoms with E-state index in [1.165, 1.54) is 0 Å². The highest BCUT2D eigenvalue weighted by molar-refractivity contribution is 7.84. The van der Waals surface area contributed by atoms with Crippen molar-refractivity contribution in [3.8, 4) is 0 Å². The molecule has 1 rings (SSSR count). The fraction of sp³-hybridized carbons (Fsp3) is 0.500. The lowest BCUT2D eigenvalue weighted by Gasteiger charge is -2.14. The van der Waals surface area contributed by atoms with E-state index in [1.807, 2.05) is 6.92 Å². The van der Waals surface area contributed by atoms with Crippen LogP contribution >= 0.6 is 0 Å². The third-order valence-electron chi connectivity index (χ3n) is 2.06. The van der Waals surface area contributed by atoms with E-state index < -0.39 is 10.8 Å². The number of pyridine rings is 1.